The minimum absolute atomic E-state index is 0.438. The second-order valence-corrected chi connectivity index (χ2v) is 5.21. The number of nitrogens with zero attached hydrogens (tertiary/aromatic N) is 2. The van der Waals surface area contributed by atoms with E-state index in [4.69, 9.17) is 0 Å². The fourth-order valence-electron chi connectivity index (χ4n) is 2.03. The lowest BCUT2D eigenvalue weighted by Gasteiger charge is -2.09. The van der Waals surface area contributed by atoms with Crippen molar-refractivity contribution in [2.75, 3.05) is 0 Å². The highest BCUT2D eigenvalue weighted by molar-refractivity contribution is 5.63. The Kier molecular flexibility index (Phi) is 4.27. The van der Waals surface area contributed by atoms with Crippen LogP contribution in [-0.4, -0.2) is 16.0 Å². The summed E-state index contributed by atoms with van der Waals surface area (Å²) in [6, 6.07) is 8.84. The number of aryl methyl sites for hydroxylation is 2. The topological polar surface area (TPSA) is 37.8 Å². The first-order chi connectivity index (χ1) is 9.06. The van der Waals surface area contributed by atoms with E-state index in [0.29, 0.717) is 12.6 Å². The highest BCUT2D eigenvalue weighted by Crippen LogP contribution is 2.22. The molecule has 0 saturated heterocycles. The van der Waals surface area contributed by atoms with Gasteiger partial charge in [0.05, 0.1) is 12.2 Å². The predicted molar refractivity (Wildman–Crippen MR) is 78.9 cm³/mol. The van der Waals surface area contributed by atoms with Gasteiger partial charge in [-0.05, 0) is 25.5 Å². The van der Waals surface area contributed by atoms with E-state index in [2.05, 4.69) is 61.2 Å². The van der Waals surface area contributed by atoms with E-state index >= 15 is 0 Å². The molecular formula is C16H21N3. The van der Waals surface area contributed by atoms with Crippen molar-refractivity contribution in [2.24, 2.45) is 0 Å². The molecule has 0 fully saturated rings. The smallest absolute Gasteiger partial charge is 0.142 e. The van der Waals surface area contributed by atoms with Crippen LogP contribution in [0.15, 0.2) is 30.5 Å². The highest BCUT2D eigenvalue weighted by atomic mass is 15.0. The maximum Gasteiger partial charge on any atom is 0.142 e. The van der Waals surface area contributed by atoms with E-state index in [1.165, 1.54) is 16.7 Å². The van der Waals surface area contributed by atoms with Crippen molar-refractivity contribution in [2.45, 2.75) is 40.3 Å². The van der Waals surface area contributed by atoms with Gasteiger partial charge in [-0.1, -0.05) is 37.6 Å². The normalized spacial score (nSPS) is 11.0. The quantitative estimate of drug-likeness (QED) is 0.911. The van der Waals surface area contributed by atoms with E-state index < -0.39 is 0 Å². The van der Waals surface area contributed by atoms with Crippen LogP contribution in [0.3, 0.4) is 0 Å². The molecule has 0 saturated carbocycles. The van der Waals surface area contributed by atoms with Crippen LogP contribution in [0.2, 0.25) is 0 Å². The van der Waals surface area contributed by atoms with Crippen molar-refractivity contribution in [3.63, 3.8) is 0 Å². The van der Waals surface area contributed by atoms with E-state index in [0.717, 1.165) is 11.5 Å². The number of hydrogen-bond acceptors (Lipinski definition) is 3. The Balaban J connectivity index is 2.27. The molecule has 3 heteroatoms. The van der Waals surface area contributed by atoms with Crippen LogP contribution in [-0.2, 0) is 6.54 Å². The van der Waals surface area contributed by atoms with Gasteiger partial charge in [-0.25, -0.2) is 9.97 Å². The molecule has 2 aromatic rings. The van der Waals surface area contributed by atoms with Gasteiger partial charge in [0.15, 0.2) is 0 Å². The van der Waals surface area contributed by atoms with Crippen LogP contribution in [0.4, 0.5) is 0 Å². The molecule has 0 aliphatic carbocycles. The third-order valence-corrected chi connectivity index (χ3v) is 3.03. The van der Waals surface area contributed by atoms with Gasteiger partial charge < -0.3 is 5.32 Å². The SMILES string of the molecule is Cc1ccc(-c2ccnc(CNC(C)C)n2)c(C)c1. The van der Waals surface area contributed by atoms with Crippen molar-refractivity contribution in [1.82, 2.24) is 15.3 Å². The lowest BCUT2D eigenvalue weighted by Crippen LogP contribution is -2.23. The first-order valence-corrected chi connectivity index (χ1v) is 6.69. The maximum atomic E-state index is 4.63. The minimum Gasteiger partial charge on any atom is -0.308 e. The molecule has 100 valence electrons. The number of rotatable bonds is 4. The van der Waals surface area contributed by atoms with Crippen molar-refractivity contribution in [3.8, 4) is 11.3 Å². The van der Waals surface area contributed by atoms with Crippen molar-refractivity contribution < 1.29 is 0 Å². The van der Waals surface area contributed by atoms with Gasteiger partial charge in [-0.15, -0.1) is 0 Å². The molecule has 0 atom stereocenters. The molecule has 0 aliphatic heterocycles. The summed E-state index contributed by atoms with van der Waals surface area (Å²) in [7, 11) is 0. The summed E-state index contributed by atoms with van der Waals surface area (Å²) in [4.78, 5) is 8.94. The molecule has 0 amide bonds. The first kappa shape index (κ1) is 13.7. The van der Waals surface area contributed by atoms with Gasteiger partial charge in [0.2, 0.25) is 0 Å². The van der Waals surface area contributed by atoms with Crippen LogP contribution < -0.4 is 5.32 Å². The minimum atomic E-state index is 0.438. The average Bonchev–Trinajstić information content (AvgIpc) is 2.36. The Bertz CT molecular complexity index is 562. The summed E-state index contributed by atoms with van der Waals surface area (Å²) >= 11 is 0. The number of benzene rings is 1. The number of hydrogen-bond donors (Lipinski definition) is 1. The van der Waals surface area contributed by atoms with Crippen LogP contribution in [0.1, 0.15) is 30.8 Å². The fraction of sp³-hybridized carbons (Fsp3) is 0.375. The summed E-state index contributed by atoms with van der Waals surface area (Å²) < 4.78 is 0. The van der Waals surface area contributed by atoms with Crippen molar-refractivity contribution in [1.29, 1.82) is 0 Å². The van der Waals surface area contributed by atoms with Gasteiger partial charge in [0.25, 0.3) is 0 Å². The van der Waals surface area contributed by atoms with E-state index in [1.54, 1.807) is 0 Å². The Morgan fingerprint density at radius 1 is 1.16 bits per heavy atom. The van der Waals surface area contributed by atoms with E-state index in [-0.39, 0.29) is 0 Å². The van der Waals surface area contributed by atoms with Gasteiger partial charge in [0.1, 0.15) is 5.82 Å². The highest BCUT2D eigenvalue weighted by Gasteiger charge is 2.05. The van der Waals surface area contributed by atoms with Gasteiger partial charge in [-0.3, -0.25) is 0 Å². The predicted octanol–water partition coefficient (Wildman–Crippen LogP) is 3.26. The van der Waals surface area contributed by atoms with Crippen LogP contribution in [0.5, 0.6) is 0 Å². The Morgan fingerprint density at radius 2 is 1.95 bits per heavy atom. The monoisotopic (exact) mass is 255 g/mol. The summed E-state index contributed by atoms with van der Waals surface area (Å²) in [6.07, 6.45) is 1.83. The molecule has 1 heterocycles. The molecule has 1 aromatic heterocycles. The van der Waals surface area contributed by atoms with Crippen LogP contribution >= 0.6 is 0 Å². The lowest BCUT2D eigenvalue weighted by atomic mass is 10.0. The molecule has 0 bridgehead atoms. The lowest BCUT2D eigenvalue weighted by molar-refractivity contribution is 0.572. The third-order valence-electron chi connectivity index (χ3n) is 3.03. The van der Waals surface area contributed by atoms with Gasteiger partial charge in [0, 0.05) is 17.8 Å². The zero-order valence-corrected chi connectivity index (χ0v) is 12.1. The standard InChI is InChI=1S/C16H21N3/c1-11(2)18-10-16-17-8-7-15(19-16)14-6-5-12(3)9-13(14)4/h5-9,11,18H,10H2,1-4H3. The Morgan fingerprint density at radius 3 is 2.63 bits per heavy atom. The molecule has 0 unspecified atom stereocenters. The number of aromatic nitrogens is 2. The van der Waals surface area contributed by atoms with Crippen molar-refractivity contribution in [3.05, 3.63) is 47.4 Å². The van der Waals surface area contributed by atoms with Crippen molar-refractivity contribution >= 4 is 0 Å². The zero-order chi connectivity index (χ0) is 13.8. The maximum absolute atomic E-state index is 4.63. The first-order valence-electron chi connectivity index (χ1n) is 6.69. The number of nitrogens with one attached hydrogen (secondary N) is 1. The van der Waals surface area contributed by atoms with E-state index in [9.17, 15) is 0 Å². The third kappa shape index (κ3) is 3.61. The van der Waals surface area contributed by atoms with Crippen LogP contribution in [0.25, 0.3) is 11.3 Å². The summed E-state index contributed by atoms with van der Waals surface area (Å²) in [5.41, 5.74) is 4.70. The zero-order valence-electron chi connectivity index (χ0n) is 12.1. The summed E-state index contributed by atoms with van der Waals surface area (Å²) in [5.74, 6) is 0.839. The molecule has 3 nitrogen and oxygen atoms in total. The average molecular weight is 255 g/mol. The molecular weight excluding hydrogens is 234 g/mol. The second kappa shape index (κ2) is 5.93. The van der Waals surface area contributed by atoms with Crippen LogP contribution in [0, 0.1) is 13.8 Å². The fourth-order valence-corrected chi connectivity index (χ4v) is 2.03. The molecule has 1 aromatic carbocycles. The molecule has 2 rings (SSSR count). The Hall–Kier alpha value is -1.74. The molecule has 1 N–H and O–H groups in total. The summed E-state index contributed by atoms with van der Waals surface area (Å²) in [6.45, 7) is 9.17. The van der Waals surface area contributed by atoms with Gasteiger partial charge >= 0.3 is 0 Å². The molecule has 0 spiro atoms. The van der Waals surface area contributed by atoms with Gasteiger partial charge in [-0.2, -0.15) is 0 Å². The second-order valence-electron chi connectivity index (χ2n) is 5.21. The summed E-state index contributed by atoms with van der Waals surface area (Å²) in [5, 5.41) is 3.34. The van der Waals surface area contributed by atoms with E-state index in [1.807, 2.05) is 12.3 Å². The molecule has 19 heavy (non-hydrogen) atoms. The molecule has 0 aliphatic rings. The largest absolute Gasteiger partial charge is 0.308 e. The molecule has 0 radical (unpaired) electrons. The Labute approximate surface area is 115 Å².